The van der Waals surface area contributed by atoms with Crippen molar-refractivity contribution in [3.05, 3.63) is 30.6 Å². The molecule has 2 unspecified atom stereocenters. The number of nitrogens with one attached hydrogen (secondary N) is 1. The predicted molar refractivity (Wildman–Crippen MR) is 77.9 cm³/mol. The lowest BCUT2D eigenvalue weighted by Crippen LogP contribution is -2.34. The van der Waals surface area contributed by atoms with Gasteiger partial charge in [-0.2, -0.15) is 0 Å². The van der Waals surface area contributed by atoms with Gasteiger partial charge in [-0.3, -0.25) is 4.79 Å². The molecule has 6 heteroatoms. The van der Waals surface area contributed by atoms with E-state index in [1.165, 1.54) is 0 Å². The van der Waals surface area contributed by atoms with Gasteiger partial charge >= 0.3 is 0 Å². The Kier molecular flexibility index (Phi) is 4.14. The molecule has 1 aromatic heterocycles. The van der Waals surface area contributed by atoms with Crippen molar-refractivity contribution in [1.82, 2.24) is 14.8 Å². The zero-order valence-corrected chi connectivity index (χ0v) is 11.9. The van der Waals surface area contributed by atoms with Crippen LogP contribution in [0.25, 0.3) is 11.4 Å². The van der Waals surface area contributed by atoms with Crippen molar-refractivity contribution in [2.45, 2.75) is 19.9 Å². The van der Waals surface area contributed by atoms with Gasteiger partial charge in [-0.1, -0.05) is 6.92 Å². The minimum Gasteiger partial charge on any atom is -0.327 e. The lowest BCUT2D eigenvalue weighted by Gasteiger charge is -2.15. The molecule has 0 saturated heterocycles. The minimum atomic E-state index is -0.228. The number of aryl methyl sites for hydroxylation is 1. The number of hydrogen-bond donors (Lipinski definition) is 2. The van der Waals surface area contributed by atoms with E-state index in [-0.39, 0.29) is 17.9 Å². The van der Waals surface area contributed by atoms with E-state index in [1.54, 1.807) is 6.33 Å². The van der Waals surface area contributed by atoms with Crippen LogP contribution in [0.4, 0.5) is 5.69 Å². The van der Waals surface area contributed by atoms with Crippen molar-refractivity contribution < 1.29 is 4.79 Å². The molecule has 2 rings (SSSR count). The van der Waals surface area contributed by atoms with Crippen LogP contribution < -0.4 is 11.1 Å². The average Bonchev–Trinajstić information content (AvgIpc) is 2.85. The Hall–Kier alpha value is -2.21. The van der Waals surface area contributed by atoms with Crippen molar-refractivity contribution >= 4 is 11.6 Å². The predicted octanol–water partition coefficient (Wildman–Crippen LogP) is 1.40. The molecule has 0 radical (unpaired) electrons. The monoisotopic (exact) mass is 273 g/mol. The van der Waals surface area contributed by atoms with E-state index in [9.17, 15) is 4.79 Å². The van der Waals surface area contributed by atoms with Crippen molar-refractivity contribution in [3.8, 4) is 11.4 Å². The van der Waals surface area contributed by atoms with Crippen LogP contribution in [-0.2, 0) is 11.8 Å². The van der Waals surface area contributed by atoms with Crippen LogP contribution in [0.5, 0.6) is 0 Å². The number of carbonyl (C=O) groups is 1. The molecule has 106 valence electrons. The molecule has 0 spiro atoms. The number of hydrogen-bond acceptors (Lipinski definition) is 4. The van der Waals surface area contributed by atoms with Crippen LogP contribution in [0.2, 0.25) is 0 Å². The smallest absolute Gasteiger partial charge is 0.228 e. The molecule has 2 aromatic rings. The maximum atomic E-state index is 11.9. The average molecular weight is 273 g/mol. The number of anilines is 1. The molecule has 1 amide bonds. The first-order chi connectivity index (χ1) is 9.49. The van der Waals surface area contributed by atoms with E-state index >= 15 is 0 Å². The third-order valence-electron chi connectivity index (χ3n) is 3.32. The first-order valence-corrected chi connectivity index (χ1v) is 6.50. The molecule has 1 aromatic carbocycles. The topological polar surface area (TPSA) is 85.8 Å². The van der Waals surface area contributed by atoms with E-state index in [0.717, 1.165) is 17.1 Å². The molecule has 0 saturated carbocycles. The highest BCUT2D eigenvalue weighted by molar-refractivity contribution is 5.92. The lowest BCUT2D eigenvalue weighted by atomic mass is 10.0. The Labute approximate surface area is 118 Å². The molecule has 0 aliphatic heterocycles. The zero-order valence-electron chi connectivity index (χ0n) is 11.9. The maximum absolute atomic E-state index is 11.9. The largest absolute Gasteiger partial charge is 0.327 e. The molecule has 6 nitrogen and oxygen atoms in total. The fourth-order valence-electron chi connectivity index (χ4n) is 1.74. The van der Waals surface area contributed by atoms with Gasteiger partial charge in [-0.25, -0.2) is 0 Å². The molecule has 0 fully saturated rings. The summed E-state index contributed by atoms with van der Waals surface area (Å²) in [7, 11) is 1.88. The summed E-state index contributed by atoms with van der Waals surface area (Å²) in [5, 5.41) is 10.7. The molecule has 0 bridgehead atoms. The van der Waals surface area contributed by atoms with Crippen molar-refractivity contribution in [3.63, 3.8) is 0 Å². The molecule has 0 aliphatic carbocycles. The quantitative estimate of drug-likeness (QED) is 0.881. The van der Waals surface area contributed by atoms with E-state index in [2.05, 4.69) is 15.5 Å². The summed E-state index contributed by atoms with van der Waals surface area (Å²) < 4.78 is 1.84. The standard InChI is InChI=1S/C14H19N5O/c1-9(10(2)15)14(20)17-12-6-4-11(5-7-12)13-18-16-8-19(13)3/h4-10H,15H2,1-3H3,(H,17,20). The summed E-state index contributed by atoms with van der Waals surface area (Å²) >= 11 is 0. The third-order valence-corrected chi connectivity index (χ3v) is 3.32. The van der Waals surface area contributed by atoms with Gasteiger partial charge in [0, 0.05) is 24.3 Å². The molecule has 1 heterocycles. The van der Waals surface area contributed by atoms with Crippen LogP contribution in [0.1, 0.15) is 13.8 Å². The van der Waals surface area contributed by atoms with Gasteiger partial charge in [0.05, 0.1) is 5.92 Å². The molecule has 2 atom stereocenters. The van der Waals surface area contributed by atoms with Gasteiger partial charge in [0.2, 0.25) is 5.91 Å². The Balaban J connectivity index is 2.10. The first-order valence-electron chi connectivity index (χ1n) is 6.50. The number of aromatic nitrogens is 3. The van der Waals surface area contributed by atoms with Crippen molar-refractivity contribution in [1.29, 1.82) is 0 Å². The Bertz CT molecular complexity index is 588. The SMILES string of the molecule is CC(N)C(C)C(=O)Nc1ccc(-c2nncn2C)cc1. The fourth-order valence-corrected chi connectivity index (χ4v) is 1.74. The first kappa shape index (κ1) is 14.2. The number of benzene rings is 1. The molecule has 3 N–H and O–H groups in total. The molecule has 20 heavy (non-hydrogen) atoms. The summed E-state index contributed by atoms with van der Waals surface area (Å²) in [5.41, 5.74) is 7.41. The highest BCUT2D eigenvalue weighted by Crippen LogP contribution is 2.19. The second kappa shape index (κ2) is 5.83. The lowest BCUT2D eigenvalue weighted by molar-refractivity contribution is -0.119. The van der Waals surface area contributed by atoms with Crippen LogP contribution >= 0.6 is 0 Å². The van der Waals surface area contributed by atoms with Gasteiger partial charge < -0.3 is 15.6 Å². The van der Waals surface area contributed by atoms with E-state index in [1.807, 2.05) is 49.7 Å². The summed E-state index contributed by atoms with van der Waals surface area (Å²) in [5.74, 6) is 0.478. The summed E-state index contributed by atoms with van der Waals surface area (Å²) in [6.45, 7) is 3.63. The zero-order chi connectivity index (χ0) is 14.7. The summed E-state index contributed by atoms with van der Waals surface area (Å²) in [6.07, 6.45) is 1.65. The van der Waals surface area contributed by atoms with Crippen LogP contribution in [-0.4, -0.2) is 26.7 Å². The Morgan fingerprint density at radius 3 is 2.45 bits per heavy atom. The summed E-state index contributed by atoms with van der Waals surface area (Å²) in [4.78, 5) is 11.9. The second-order valence-electron chi connectivity index (χ2n) is 4.98. The van der Waals surface area contributed by atoms with Gasteiger partial charge in [-0.05, 0) is 31.2 Å². The number of amides is 1. The summed E-state index contributed by atoms with van der Waals surface area (Å²) in [6, 6.07) is 7.31. The van der Waals surface area contributed by atoms with E-state index in [4.69, 9.17) is 5.73 Å². The highest BCUT2D eigenvalue weighted by Gasteiger charge is 2.17. The van der Waals surface area contributed by atoms with Crippen molar-refractivity contribution in [2.24, 2.45) is 18.7 Å². The van der Waals surface area contributed by atoms with Gasteiger partial charge in [0.15, 0.2) is 5.82 Å². The number of nitrogens with two attached hydrogens (primary N) is 1. The highest BCUT2D eigenvalue weighted by atomic mass is 16.1. The van der Waals surface area contributed by atoms with Gasteiger partial charge in [0.25, 0.3) is 0 Å². The Morgan fingerprint density at radius 1 is 1.30 bits per heavy atom. The van der Waals surface area contributed by atoms with E-state index in [0.29, 0.717) is 0 Å². The molecular formula is C14H19N5O. The minimum absolute atomic E-state index is 0.0774. The number of carbonyl (C=O) groups excluding carboxylic acids is 1. The maximum Gasteiger partial charge on any atom is 0.228 e. The third kappa shape index (κ3) is 3.03. The van der Waals surface area contributed by atoms with Crippen LogP contribution in [0.15, 0.2) is 30.6 Å². The van der Waals surface area contributed by atoms with Crippen LogP contribution in [0, 0.1) is 5.92 Å². The molecule has 0 aliphatic rings. The number of nitrogens with zero attached hydrogens (tertiary/aromatic N) is 3. The number of rotatable bonds is 4. The second-order valence-corrected chi connectivity index (χ2v) is 4.98. The van der Waals surface area contributed by atoms with Crippen LogP contribution in [0.3, 0.4) is 0 Å². The normalized spacial score (nSPS) is 13.8. The van der Waals surface area contributed by atoms with E-state index < -0.39 is 0 Å². The van der Waals surface area contributed by atoms with Crippen molar-refractivity contribution in [2.75, 3.05) is 5.32 Å². The Morgan fingerprint density at radius 2 is 1.95 bits per heavy atom. The van der Waals surface area contributed by atoms with Gasteiger partial charge in [0.1, 0.15) is 6.33 Å². The molecular weight excluding hydrogens is 254 g/mol. The fraction of sp³-hybridized carbons (Fsp3) is 0.357. The van der Waals surface area contributed by atoms with Gasteiger partial charge in [-0.15, -0.1) is 10.2 Å².